The molecule has 11 heteroatoms. The van der Waals surface area contributed by atoms with E-state index in [1.807, 2.05) is 29.8 Å². The van der Waals surface area contributed by atoms with Crippen LogP contribution in [0.15, 0.2) is 43.1 Å². The summed E-state index contributed by atoms with van der Waals surface area (Å²) in [4.78, 5) is 19.8. The first kappa shape index (κ1) is 20.8. The molecule has 166 valence electrons. The Morgan fingerprint density at radius 3 is 2.79 bits per heavy atom. The second-order valence-electron chi connectivity index (χ2n) is 7.26. The zero-order valence-corrected chi connectivity index (χ0v) is 18.6. The molecule has 0 saturated carbocycles. The highest BCUT2D eigenvalue weighted by Gasteiger charge is 2.17. The van der Waals surface area contributed by atoms with Crippen LogP contribution in [0.3, 0.4) is 0 Å². The number of pyridine rings is 1. The smallest absolute Gasteiger partial charge is 0.170 e. The van der Waals surface area contributed by atoms with Gasteiger partial charge in [-0.2, -0.15) is 5.10 Å². The number of aldehydes is 1. The minimum Gasteiger partial charge on any atom is -0.495 e. The summed E-state index contributed by atoms with van der Waals surface area (Å²) in [6.45, 7) is 3.16. The van der Waals surface area contributed by atoms with Gasteiger partial charge >= 0.3 is 0 Å². The number of fused-ring (bicyclic) bond motifs is 3. The number of anilines is 1. The van der Waals surface area contributed by atoms with Crippen LogP contribution in [-0.4, -0.2) is 47.9 Å². The molecular weight excluding hydrogens is 444 g/mol. The van der Waals surface area contributed by atoms with E-state index >= 15 is 0 Å². The molecule has 0 atom stereocenters. The van der Waals surface area contributed by atoms with E-state index in [1.165, 1.54) is 6.33 Å². The summed E-state index contributed by atoms with van der Waals surface area (Å²) >= 11 is 6.27. The first-order valence-corrected chi connectivity index (χ1v) is 10.6. The Morgan fingerprint density at radius 1 is 1.18 bits per heavy atom. The first-order valence-electron chi connectivity index (χ1n) is 10.2. The third-order valence-corrected chi connectivity index (χ3v) is 5.63. The van der Waals surface area contributed by atoms with Crippen LogP contribution in [-0.2, 0) is 13.1 Å². The number of carbonyl (C=O) groups is 1. The zero-order valence-electron chi connectivity index (χ0n) is 17.9. The molecule has 0 fully saturated rings. The molecule has 0 radical (unpaired) electrons. The van der Waals surface area contributed by atoms with Gasteiger partial charge in [-0.05, 0) is 24.6 Å². The van der Waals surface area contributed by atoms with Crippen molar-refractivity contribution in [2.75, 3.05) is 12.4 Å². The number of carbonyl (C=O) groups excluding carboxylic acids is 1. The summed E-state index contributed by atoms with van der Waals surface area (Å²) in [5.74, 6) is 1.71. The molecule has 4 heterocycles. The van der Waals surface area contributed by atoms with Crippen molar-refractivity contribution in [1.29, 1.82) is 0 Å². The van der Waals surface area contributed by atoms with E-state index in [-0.39, 0.29) is 0 Å². The number of halogens is 1. The molecule has 33 heavy (non-hydrogen) atoms. The number of methoxy groups -OCH3 is 1. The Morgan fingerprint density at radius 2 is 2.06 bits per heavy atom. The quantitative estimate of drug-likeness (QED) is 0.364. The molecule has 0 spiro atoms. The van der Waals surface area contributed by atoms with E-state index < -0.39 is 0 Å². The number of hydrogen-bond donors (Lipinski definition) is 1. The Labute approximate surface area is 193 Å². The predicted molar refractivity (Wildman–Crippen MR) is 124 cm³/mol. The van der Waals surface area contributed by atoms with E-state index in [0.29, 0.717) is 47.5 Å². The molecule has 5 aromatic rings. The highest BCUT2D eigenvalue weighted by atomic mass is 35.5. The molecule has 0 amide bonds. The molecule has 4 aromatic heterocycles. The number of rotatable bonds is 7. The van der Waals surface area contributed by atoms with Crippen molar-refractivity contribution in [2.24, 2.45) is 0 Å². The standard InChI is InChI=1S/C22H19ClN8O2/c1-3-31-21-16(9-27-31)19-15(8-25-21)22(30-10-14(11-32)26-12-30)29-28-20(19)24-7-13-4-5-18(33-2)17(23)6-13/h4-6,8-12H,3,7H2,1-2H3,(H,24,28). The van der Waals surface area contributed by atoms with Crippen LogP contribution in [0.25, 0.3) is 27.6 Å². The number of ether oxygens (including phenoxy) is 1. The van der Waals surface area contributed by atoms with E-state index in [0.717, 1.165) is 27.4 Å². The lowest BCUT2D eigenvalue weighted by molar-refractivity contribution is 0.111. The summed E-state index contributed by atoms with van der Waals surface area (Å²) < 4.78 is 8.71. The van der Waals surface area contributed by atoms with Gasteiger partial charge in [-0.3, -0.25) is 9.36 Å². The average Bonchev–Trinajstić information content (AvgIpc) is 3.49. The molecule has 0 aliphatic carbocycles. The highest BCUT2D eigenvalue weighted by molar-refractivity contribution is 6.32. The lowest BCUT2D eigenvalue weighted by Gasteiger charge is -2.13. The van der Waals surface area contributed by atoms with Gasteiger partial charge in [0.25, 0.3) is 0 Å². The second kappa shape index (κ2) is 8.47. The van der Waals surface area contributed by atoms with Crippen molar-refractivity contribution >= 4 is 45.5 Å². The fourth-order valence-corrected chi connectivity index (χ4v) is 4.00. The molecule has 1 aromatic carbocycles. The topological polar surface area (TPSA) is 113 Å². The monoisotopic (exact) mass is 462 g/mol. The van der Waals surface area contributed by atoms with Gasteiger partial charge < -0.3 is 10.1 Å². The van der Waals surface area contributed by atoms with Crippen molar-refractivity contribution in [3.63, 3.8) is 0 Å². The van der Waals surface area contributed by atoms with E-state index in [4.69, 9.17) is 16.3 Å². The second-order valence-corrected chi connectivity index (χ2v) is 7.67. The summed E-state index contributed by atoms with van der Waals surface area (Å²) in [5.41, 5.74) is 2.01. The van der Waals surface area contributed by atoms with Gasteiger partial charge in [-0.1, -0.05) is 17.7 Å². The van der Waals surface area contributed by atoms with E-state index in [1.54, 1.807) is 30.3 Å². The zero-order chi connectivity index (χ0) is 22.9. The predicted octanol–water partition coefficient (Wildman–Crippen LogP) is 3.67. The van der Waals surface area contributed by atoms with Crippen molar-refractivity contribution in [3.05, 3.63) is 59.4 Å². The van der Waals surface area contributed by atoms with Gasteiger partial charge in [0, 0.05) is 36.3 Å². The van der Waals surface area contributed by atoms with Gasteiger partial charge in [-0.25, -0.2) is 14.6 Å². The minimum absolute atomic E-state index is 0.302. The number of aromatic nitrogens is 7. The Hall–Kier alpha value is -4.05. The van der Waals surface area contributed by atoms with Crippen molar-refractivity contribution < 1.29 is 9.53 Å². The van der Waals surface area contributed by atoms with E-state index in [2.05, 4.69) is 30.6 Å². The Balaban J connectivity index is 1.63. The van der Waals surface area contributed by atoms with Gasteiger partial charge in [0.05, 0.1) is 23.7 Å². The van der Waals surface area contributed by atoms with E-state index in [9.17, 15) is 4.79 Å². The summed E-state index contributed by atoms with van der Waals surface area (Å²) in [6, 6.07) is 5.60. The third kappa shape index (κ3) is 3.64. The lowest BCUT2D eigenvalue weighted by atomic mass is 10.1. The Kier molecular flexibility index (Phi) is 5.35. The van der Waals surface area contributed by atoms with Gasteiger partial charge in [0.15, 0.2) is 23.6 Å². The molecule has 0 aliphatic heterocycles. The van der Waals surface area contributed by atoms with Crippen LogP contribution in [0.2, 0.25) is 5.02 Å². The number of nitrogens with one attached hydrogen (secondary N) is 1. The highest BCUT2D eigenvalue weighted by Crippen LogP contribution is 2.32. The van der Waals surface area contributed by atoms with Gasteiger partial charge in [0.2, 0.25) is 0 Å². The van der Waals surface area contributed by atoms with Crippen LogP contribution >= 0.6 is 11.6 Å². The maximum atomic E-state index is 11.1. The van der Waals surface area contributed by atoms with Crippen LogP contribution < -0.4 is 10.1 Å². The number of imidazole rings is 1. The molecule has 0 unspecified atom stereocenters. The first-order chi connectivity index (χ1) is 16.1. The maximum absolute atomic E-state index is 11.1. The van der Waals surface area contributed by atoms with Crippen LogP contribution in [0.4, 0.5) is 5.82 Å². The number of benzene rings is 1. The largest absolute Gasteiger partial charge is 0.495 e. The summed E-state index contributed by atoms with van der Waals surface area (Å²) in [7, 11) is 1.58. The van der Waals surface area contributed by atoms with Crippen LogP contribution in [0.5, 0.6) is 5.75 Å². The Bertz CT molecular complexity index is 1490. The van der Waals surface area contributed by atoms with Crippen LogP contribution in [0.1, 0.15) is 23.0 Å². The summed E-state index contributed by atoms with van der Waals surface area (Å²) in [5, 5.41) is 19.6. The normalized spacial score (nSPS) is 11.2. The fraction of sp³-hybridized carbons (Fsp3) is 0.182. The maximum Gasteiger partial charge on any atom is 0.170 e. The minimum atomic E-state index is 0.302. The molecule has 5 rings (SSSR count). The fourth-order valence-electron chi connectivity index (χ4n) is 3.72. The van der Waals surface area contributed by atoms with Crippen molar-refractivity contribution in [3.8, 4) is 11.6 Å². The van der Waals surface area contributed by atoms with Crippen molar-refractivity contribution in [2.45, 2.75) is 20.0 Å². The van der Waals surface area contributed by atoms with Gasteiger partial charge in [0.1, 0.15) is 17.8 Å². The molecule has 0 saturated heterocycles. The molecule has 1 N–H and O–H groups in total. The third-order valence-electron chi connectivity index (χ3n) is 5.33. The van der Waals surface area contributed by atoms with Crippen LogP contribution in [0, 0.1) is 0 Å². The number of aryl methyl sites for hydroxylation is 1. The lowest BCUT2D eigenvalue weighted by Crippen LogP contribution is -2.07. The molecule has 0 bridgehead atoms. The number of hydrogen-bond acceptors (Lipinski definition) is 8. The average molecular weight is 463 g/mol. The molecule has 0 aliphatic rings. The van der Waals surface area contributed by atoms with Crippen molar-refractivity contribution in [1.82, 2.24) is 34.5 Å². The van der Waals surface area contributed by atoms with Gasteiger partial charge in [-0.15, -0.1) is 10.2 Å². The SMILES string of the molecule is CCn1ncc2c3c(NCc4ccc(OC)c(Cl)c4)nnc(-n4cnc(C=O)c4)c3cnc21. The summed E-state index contributed by atoms with van der Waals surface area (Å²) in [6.07, 6.45) is 7.33. The molecular formula is C22H19ClN8O2. The number of nitrogens with zero attached hydrogens (tertiary/aromatic N) is 7. The molecule has 10 nitrogen and oxygen atoms in total.